The Balaban J connectivity index is 1.59. The predicted octanol–water partition coefficient (Wildman–Crippen LogP) is 3.52. The van der Waals surface area contributed by atoms with Gasteiger partial charge in [-0.25, -0.2) is 14.3 Å². The molecule has 0 unspecified atom stereocenters. The van der Waals surface area contributed by atoms with Crippen molar-refractivity contribution in [3.8, 4) is 0 Å². The number of amides is 2. The fourth-order valence-corrected chi connectivity index (χ4v) is 3.36. The fourth-order valence-electron chi connectivity index (χ4n) is 2.75. The van der Waals surface area contributed by atoms with Crippen LogP contribution in [0.25, 0.3) is 4.96 Å². The van der Waals surface area contributed by atoms with Crippen molar-refractivity contribution in [2.24, 2.45) is 0 Å². The van der Waals surface area contributed by atoms with Crippen LogP contribution in [0.15, 0.2) is 36.0 Å². The van der Waals surface area contributed by atoms with Gasteiger partial charge >= 0.3 is 6.03 Å². The van der Waals surface area contributed by atoms with E-state index in [1.54, 1.807) is 10.0 Å². The van der Waals surface area contributed by atoms with Crippen LogP contribution in [0.2, 0.25) is 0 Å². The predicted molar refractivity (Wildman–Crippen MR) is 105 cm³/mol. The normalized spacial score (nSPS) is 12.5. The molecule has 2 amide bonds. The molecule has 3 aromatic rings. The van der Waals surface area contributed by atoms with Crippen molar-refractivity contribution in [1.82, 2.24) is 24.8 Å². The molecule has 0 aliphatic heterocycles. The molecule has 138 valence electrons. The second-order valence-electron chi connectivity index (χ2n) is 6.11. The van der Waals surface area contributed by atoms with Gasteiger partial charge in [-0.05, 0) is 37.7 Å². The van der Waals surface area contributed by atoms with Crippen molar-refractivity contribution in [1.29, 1.82) is 0 Å². The third-order valence-electron chi connectivity index (χ3n) is 4.28. The highest BCUT2D eigenvalue weighted by Crippen LogP contribution is 2.16. The molecule has 0 spiro atoms. The lowest BCUT2D eigenvalue weighted by molar-refractivity contribution is 0.249. The van der Waals surface area contributed by atoms with Crippen LogP contribution in [0.3, 0.4) is 0 Å². The molecule has 2 N–H and O–H groups in total. The van der Waals surface area contributed by atoms with Gasteiger partial charge in [0.05, 0.1) is 17.9 Å². The summed E-state index contributed by atoms with van der Waals surface area (Å²) < 4.78 is 1.72. The molecule has 8 heteroatoms. The third kappa shape index (κ3) is 4.39. The van der Waals surface area contributed by atoms with Gasteiger partial charge in [-0.3, -0.25) is 4.90 Å². The van der Waals surface area contributed by atoms with E-state index in [0.29, 0.717) is 0 Å². The molecular weight excluding hydrogens is 348 g/mol. The van der Waals surface area contributed by atoms with E-state index in [-0.39, 0.29) is 12.1 Å². The minimum Gasteiger partial charge on any atom is -0.330 e. The van der Waals surface area contributed by atoms with Crippen molar-refractivity contribution < 1.29 is 4.79 Å². The number of hydrogen-bond acceptors (Lipinski definition) is 5. The number of carbonyl (C=O) groups is 1. The number of aromatic nitrogens is 3. The van der Waals surface area contributed by atoms with Gasteiger partial charge in [0, 0.05) is 12.2 Å². The molecule has 7 nitrogen and oxygen atoms in total. The molecule has 1 aromatic carbocycles. The van der Waals surface area contributed by atoms with Crippen molar-refractivity contribution >= 4 is 28.0 Å². The van der Waals surface area contributed by atoms with E-state index in [2.05, 4.69) is 45.5 Å². The lowest BCUT2D eigenvalue weighted by Gasteiger charge is -2.18. The highest BCUT2D eigenvalue weighted by Gasteiger charge is 2.14. The molecule has 0 aliphatic rings. The zero-order valence-corrected chi connectivity index (χ0v) is 16.1. The van der Waals surface area contributed by atoms with Gasteiger partial charge in [0.2, 0.25) is 4.96 Å². The molecule has 0 saturated carbocycles. The summed E-state index contributed by atoms with van der Waals surface area (Å²) in [5, 5.41) is 9.98. The Kier molecular flexibility index (Phi) is 5.85. The van der Waals surface area contributed by atoms with Crippen LogP contribution in [0.1, 0.15) is 38.1 Å². The quantitative estimate of drug-likeness (QED) is 0.665. The fraction of sp³-hybridized carbons (Fsp3) is 0.389. The number of fused-ring (bicyclic) bond motifs is 1. The summed E-state index contributed by atoms with van der Waals surface area (Å²) in [6.45, 7) is 9.08. The number of hydrogen-bond donors (Lipinski definition) is 2. The SMILES string of the molecule is CCN(CC)Cc1cccc(NC(=O)N[C@H](C)c2cn3ncsc3n2)c1. The Morgan fingerprint density at radius 1 is 1.35 bits per heavy atom. The molecule has 1 atom stereocenters. The summed E-state index contributed by atoms with van der Waals surface area (Å²) in [6.07, 6.45) is 1.83. The molecule has 26 heavy (non-hydrogen) atoms. The Morgan fingerprint density at radius 3 is 2.88 bits per heavy atom. The molecule has 0 radical (unpaired) electrons. The number of urea groups is 1. The largest absolute Gasteiger partial charge is 0.330 e. The van der Waals surface area contributed by atoms with E-state index in [9.17, 15) is 4.79 Å². The molecule has 0 fully saturated rings. The van der Waals surface area contributed by atoms with Gasteiger partial charge in [-0.2, -0.15) is 5.10 Å². The highest BCUT2D eigenvalue weighted by atomic mass is 32.1. The number of carbonyl (C=O) groups excluding carboxylic acids is 1. The summed E-state index contributed by atoms with van der Waals surface area (Å²) in [4.78, 5) is 19.9. The lowest BCUT2D eigenvalue weighted by Crippen LogP contribution is -2.31. The zero-order chi connectivity index (χ0) is 18.5. The van der Waals surface area contributed by atoms with Crippen LogP contribution >= 0.6 is 11.3 Å². The maximum Gasteiger partial charge on any atom is 0.319 e. The summed E-state index contributed by atoms with van der Waals surface area (Å²) in [5.74, 6) is 0. The average Bonchev–Trinajstić information content (AvgIpc) is 3.21. The Labute approximate surface area is 157 Å². The van der Waals surface area contributed by atoms with E-state index >= 15 is 0 Å². The van der Waals surface area contributed by atoms with Gasteiger partial charge in [-0.15, -0.1) is 0 Å². The van der Waals surface area contributed by atoms with Crippen LogP contribution < -0.4 is 10.6 Å². The van der Waals surface area contributed by atoms with Crippen molar-refractivity contribution in [2.75, 3.05) is 18.4 Å². The maximum atomic E-state index is 12.3. The first-order chi connectivity index (χ1) is 12.6. The van der Waals surface area contributed by atoms with Crippen LogP contribution in [0.5, 0.6) is 0 Å². The number of anilines is 1. The summed E-state index contributed by atoms with van der Waals surface area (Å²) in [5.41, 5.74) is 4.49. The van der Waals surface area contributed by atoms with Crippen LogP contribution in [-0.2, 0) is 6.54 Å². The zero-order valence-electron chi connectivity index (χ0n) is 15.3. The van der Waals surface area contributed by atoms with Crippen molar-refractivity contribution in [3.05, 3.63) is 47.2 Å². The number of rotatable bonds is 7. The second kappa shape index (κ2) is 8.29. The number of benzene rings is 1. The highest BCUT2D eigenvalue weighted by molar-refractivity contribution is 7.14. The monoisotopic (exact) mass is 372 g/mol. The summed E-state index contributed by atoms with van der Waals surface area (Å²) in [6, 6.07) is 7.50. The van der Waals surface area contributed by atoms with E-state index in [4.69, 9.17) is 0 Å². The topological polar surface area (TPSA) is 74.6 Å². The standard InChI is InChI=1S/C18H24N6OS/c1-4-23(5-2)10-14-7-6-8-15(9-14)21-17(25)20-13(3)16-11-24-18(22-16)26-12-19-24/h6-9,11-13H,4-5,10H2,1-3H3,(H2,20,21,25)/t13-/m1/s1. The number of nitrogens with zero attached hydrogens (tertiary/aromatic N) is 4. The van der Waals surface area contributed by atoms with Gasteiger partial charge in [0.25, 0.3) is 0 Å². The van der Waals surface area contributed by atoms with Crippen molar-refractivity contribution in [3.63, 3.8) is 0 Å². The number of nitrogens with one attached hydrogen (secondary N) is 2. The smallest absolute Gasteiger partial charge is 0.319 e. The van der Waals surface area contributed by atoms with E-state index in [0.717, 1.165) is 36.0 Å². The summed E-state index contributed by atoms with van der Waals surface area (Å²) in [7, 11) is 0. The minimum atomic E-state index is -0.248. The lowest BCUT2D eigenvalue weighted by atomic mass is 10.2. The molecular formula is C18H24N6OS. The van der Waals surface area contributed by atoms with Gasteiger partial charge in [-0.1, -0.05) is 37.3 Å². The van der Waals surface area contributed by atoms with Crippen LogP contribution in [-0.4, -0.2) is 38.6 Å². The van der Waals surface area contributed by atoms with Crippen LogP contribution in [0, 0.1) is 0 Å². The van der Waals surface area contributed by atoms with E-state index < -0.39 is 0 Å². The van der Waals surface area contributed by atoms with E-state index in [1.165, 1.54) is 16.9 Å². The molecule has 2 aromatic heterocycles. The van der Waals surface area contributed by atoms with E-state index in [1.807, 2.05) is 31.3 Å². The Morgan fingerprint density at radius 2 is 2.15 bits per heavy atom. The first-order valence-corrected chi connectivity index (χ1v) is 9.64. The minimum absolute atomic E-state index is 0.206. The molecule has 0 saturated heterocycles. The maximum absolute atomic E-state index is 12.3. The van der Waals surface area contributed by atoms with Gasteiger partial charge < -0.3 is 10.6 Å². The first kappa shape index (κ1) is 18.3. The Hall–Kier alpha value is -2.45. The molecule has 0 bridgehead atoms. The number of imidazole rings is 1. The third-order valence-corrected chi connectivity index (χ3v) is 4.97. The van der Waals surface area contributed by atoms with Crippen LogP contribution in [0.4, 0.5) is 10.5 Å². The van der Waals surface area contributed by atoms with Crippen molar-refractivity contribution in [2.45, 2.75) is 33.4 Å². The molecule has 0 aliphatic carbocycles. The Bertz CT molecular complexity index is 841. The second-order valence-corrected chi connectivity index (χ2v) is 6.93. The summed E-state index contributed by atoms with van der Waals surface area (Å²) >= 11 is 1.47. The first-order valence-electron chi connectivity index (χ1n) is 8.76. The average molecular weight is 372 g/mol. The molecule has 2 heterocycles. The van der Waals surface area contributed by atoms with Gasteiger partial charge in [0.1, 0.15) is 5.51 Å². The molecule has 3 rings (SSSR count). The van der Waals surface area contributed by atoms with Gasteiger partial charge in [0.15, 0.2) is 0 Å².